The maximum atomic E-state index is 9.70. The molecule has 0 fully saturated rings. The summed E-state index contributed by atoms with van der Waals surface area (Å²) in [5.74, 6) is 0. The normalized spacial score (nSPS) is 14.4. The van der Waals surface area contributed by atoms with Crippen LogP contribution >= 0.6 is 0 Å². The summed E-state index contributed by atoms with van der Waals surface area (Å²) in [6.45, 7) is 4.09. The molecule has 1 rings (SSSR count). The van der Waals surface area contributed by atoms with Crippen LogP contribution < -0.4 is 0 Å². The third kappa shape index (κ3) is 5.19. The highest BCUT2D eigenvalue weighted by Gasteiger charge is 2.13. The summed E-state index contributed by atoms with van der Waals surface area (Å²) in [5.41, 5.74) is 2.62. The second-order valence-electron chi connectivity index (χ2n) is 5.00. The molecule has 2 nitrogen and oxygen atoms in total. The molecule has 1 aromatic carbocycles. The molecule has 2 atom stereocenters. The zero-order valence-corrected chi connectivity index (χ0v) is 11.6. The van der Waals surface area contributed by atoms with E-state index in [1.165, 1.54) is 24.0 Å². The molecule has 0 aliphatic carbocycles. The van der Waals surface area contributed by atoms with Gasteiger partial charge in [-0.05, 0) is 43.2 Å². The Balaban J connectivity index is 2.39. The number of aryl methyl sites for hydroxylation is 2. The zero-order chi connectivity index (χ0) is 13.4. The van der Waals surface area contributed by atoms with E-state index in [-0.39, 0.29) is 0 Å². The van der Waals surface area contributed by atoms with Gasteiger partial charge in [0.15, 0.2) is 0 Å². The van der Waals surface area contributed by atoms with Crippen molar-refractivity contribution in [3.63, 3.8) is 0 Å². The summed E-state index contributed by atoms with van der Waals surface area (Å²) >= 11 is 0. The van der Waals surface area contributed by atoms with Crippen LogP contribution in [-0.2, 0) is 12.8 Å². The Hall–Kier alpha value is -0.860. The molecule has 0 bridgehead atoms. The topological polar surface area (TPSA) is 40.5 Å². The van der Waals surface area contributed by atoms with E-state index in [0.29, 0.717) is 12.8 Å². The van der Waals surface area contributed by atoms with Crippen molar-refractivity contribution >= 4 is 0 Å². The third-order valence-electron chi connectivity index (χ3n) is 3.43. The van der Waals surface area contributed by atoms with Gasteiger partial charge in [-0.1, -0.05) is 44.5 Å². The first-order chi connectivity index (χ1) is 8.67. The quantitative estimate of drug-likeness (QED) is 0.744. The maximum Gasteiger partial charge on any atom is 0.0802 e. The fourth-order valence-electron chi connectivity index (χ4n) is 2.03. The van der Waals surface area contributed by atoms with Crippen molar-refractivity contribution in [1.82, 2.24) is 0 Å². The fraction of sp³-hybridized carbons (Fsp3) is 0.625. The van der Waals surface area contributed by atoms with Gasteiger partial charge < -0.3 is 10.2 Å². The molecule has 0 radical (unpaired) electrons. The molecule has 0 amide bonds. The zero-order valence-electron chi connectivity index (χ0n) is 11.6. The molecule has 0 saturated carbocycles. The first kappa shape index (κ1) is 15.2. The summed E-state index contributed by atoms with van der Waals surface area (Å²) in [6.07, 6.45) is 4.48. The monoisotopic (exact) mass is 250 g/mol. The predicted molar refractivity (Wildman–Crippen MR) is 75.7 cm³/mol. The van der Waals surface area contributed by atoms with E-state index in [4.69, 9.17) is 0 Å². The summed E-state index contributed by atoms with van der Waals surface area (Å²) in [5, 5.41) is 19.2. The highest BCUT2D eigenvalue weighted by atomic mass is 16.3. The summed E-state index contributed by atoms with van der Waals surface area (Å²) in [6, 6.07) is 8.62. The van der Waals surface area contributed by atoms with E-state index in [9.17, 15) is 10.2 Å². The summed E-state index contributed by atoms with van der Waals surface area (Å²) in [7, 11) is 0. The number of aliphatic hydroxyl groups is 2. The number of benzene rings is 1. The van der Waals surface area contributed by atoms with Gasteiger partial charge in [-0.15, -0.1) is 0 Å². The van der Waals surface area contributed by atoms with Gasteiger partial charge in [0.05, 0.1) is 12.2 Å². The van der Waals surface area contributed by atoms with Crippen LogP contribution in [0.15, 0.2) is 24.3 Å². The number of unbranched alkanes of at least 4 members (excludes halogenated alkanes) is 1. The van der Waals surface area contributed by atoms with Crippen LogP contribution in [-0.4, -0.2) is 22.4 Å². The van der Waals surface area contributed by atoms with Gasteiger partial charge in [0.2, 0.25) is 0 Å². The number of rotatable bonds is 8. The fourth-order valence-corrected chi connectivity index (χ4v) is 2.03. The highest BCUT2D eigenvalue weighted by Crippen LogP contribution is 2.12. The Labute approximate surface area is 111 Å². The molecule has 2 N–H and O–H groups in total. The van der Waals surface area contributed by atoms with Crippen molar-refractivity contribution in [2.45, 2.75) is 64.6 Å². The minimum atomic E-state index is -0.602. The van der Waals surface area contributed by atoms with Crippen molar-refractivity contribution in [2.75, 3.05) is 0 Å². The predicted octanol–water partition coefficient (Wildman–Crippen LogP) is 3.09. The molecular formula is C16H26O2. The van der Waals surface area contributed by atoms with Crippen molar-refractivity contribution in [1.29, 1.82) is 0 Å². The van der Waals surface area contributed by atoms with Gasteiger partial charge in [-0.2, -0.15) is 0 Å². The average molecular weight is 250 g/mol. The van der Waals surface area contributed by atoms with Crippen LogP contribution in [0.1, 0.15) is 50.7 Å². The van der Waals surface area contributed by atoms with Crippen molar-refractivity contribution in [2.24, 2.45) is 0 Å². The maximum absolute atomic E-state index is 9.70. The molecule has 102 valence electrons. The molecule has 1 aromatic rings. The summed E-state index contributed by atoms with van der Waals surface area (Å²) in [4.78, 5) is 0. The molecule has 0 spiro atoms. The summed E-state index contributed by atoms with van der Waals surface area (Å²) < 4.78 is 0. The van der Waals surface area contributed by atoms with E-state index in [1.54, 1.807) is 0 Å². The second-order valence-corrected chi connectivity index (χ2v) is 5.00. The van der Waals surface area contributed by atoms with Crippen LogP contribution in [0, 0.1) is 0 Å². The Morgan fingerprint density at radius 2 is 1.44 bits per heavy atom. The van der Waals surface area contributed by atoms with Gasteiger partial charge in [0, 0.05) is 0 Å². The lowest BCUT2D eigenvalue weighted by Gasteiger charge is -2.15. The van der Waals surface area contributed by atoms with E-state index < -0.39 is 12.2 Å². The van der Waals surface area contributed by atoms with Crippen molar-refractivity contribution in [3.05, 3.63) is 35.4 Å². The van der Waals surface area contributed by atoms with Gasteiger partial charge in [-0.25, -0.2) is 0 Å². The van der Waals surface area contributed by atoms with Gasteiger partial charge >= 0.3 is 0 Å². The first-order valence-corrected chi connectivity index (χ1v) is 7.11. The Morgan fingerprint density at radius 3 is 1.94 bits per heavy atom. The second kappa shape index (κ2) is 8.28. The molecule has 0 heterocycles. The van der Waals surface area contributed by atoms with Crippen LogP contribution in [0.25, 0.3) is 0 Å². The van der Waals surface area contributed by atoms with Crippen LogP contribution in [0.4, 0.5) is 0 Å². The molecule has 0 aliphatic rings. The molecule has 0 saturated heterocycles. The smallest absolute Gasteiger partial charge is 0.0802 e. The Morgan fingerprint density at radius 1 is 0.889 bits per heavy atom. The SMILES string of the molecule is CCCCc1ccc(CCC(O)C(O)CC)cc1. The van der Waals surface area contributed by atoms with E-state index >= 15 is 0 Å². The van der Waals surface area contributed by atoms with E-state index in [2.05, 4.69) is 31.2 Å². The number of hydrogen-bond donors (Lipinski definition) is 2. The van der Waals surface area contributed by atoms with Crippen LogP contribution in [0.5, 0.6) is 0 Å². The molecule has 0 aliphatic heterocycles. The standard InChI is InChI=1S/C16H26O2/c1-3-5-6-13-7-9-14(10-8-13)11-12-16(18)15(17)4-2/h7-10,15-18H,3-6,11-12H2,1-2H3. The van der Waals surface area contributed by atoms with Gasteiger partial charge in [0.1, 0.15) is 0 Å². The first-order valence-electron chi connectivity index (χ1n) is 7.11. The minimum absolute atomic E-state index is 0.589. The van der Waals surface area contributed by atoms with Gasteiger partial charge in [-0.3, -0.25) is 0 Å². The largest absolute Gasteiger partial charge is 0.390 e. The lowest BCUT2D eigenvalue weighted by atomic mass is 10.0. The third-order valence-corrected chi connectivity index (χ3v) is 3.43. The van der Waals surface area contributed by atoms with Crippen LogP contribution in [0.2, 0.25) is 0 Å². The molecule has 18 heavy (non-hydrogen) atoms. The van der Waals surface area contributed by atoms with Gasteiger partial charge in [0.25, 0.3) is 0 Å². The minimum Gasteiger partial charge on any atom is -0.390 e. The Bertz CT molecular complexity index is 318. The van der Waals surface area contributed by atoms with Crippen molar-refractivity contribution < 1.29 is 10.2 Å². The van der Waals surface area contributed by atoms with Crippen molar-refractivity contribution in [3.8, 4) is 0 Å². The van der Waals surface area contributed by atoms with Crippen LogP contribution in [0.3, 0.4) is 0 Å². The number of hydrogen-bond acceptors (Lipinski definition) is 2. The molecular weight excluding hydrogens is 224 g/mol. The lowest BCUT2D eigenvalue weighted by Crippen LogP contribution is -2.25. The van der Waals surface area contributed by atoms with E-state index in [0.717, 1.165) is 12.8 Å². The van der Waals surface area contributed by atoms with E-state index in [1.807, 2.05) is 6.92 Å². The molecule has 0 aromatic heterocycles. The lowest BCUT2D eigenvalue weighted by molar-refractivity contribution is 0.0130. The molecule has 2 unspecified atom stereocenters. The molecule has 2 heteroatoms. The highest BCUT2D eigenvalue weighted by molar-refractivity contribution is 5.22. The number of aliphatic hydroxyl groups excluding tert-OH is 2. The Kier molecular flexibility index (Phi) is 6.99. The average Bonchev–Trinajstić information content (AvgIpc) is 2.42.